The lowest BCUT2D eigenvalue weighted by Gasteiger charge is -2.11. The quantitative estimate of drug-likeness (QED) is 0.783. The van der Waals surface area contributed by atoms with Crippen LogP contribution in [-0.2, 0) is 6.42 Å². The number of rotatable bonds is 8. The fourth-order valence-electron chi connectivity index (χ4n) is 2.21. The first-order chi connectivity index (χ1) is 10.7. The van der Waals surface area contributed by atoms with Crippen LogP contribution in [0.5, 0.6) is 5.75 Å². The van der Waals surface area contributed by atoms with E-state index in [4.69, 9.17) is 4.74 Å². The molecule has 0 unspecified atom stereocenters. The van der Waals surface area contributed by atoms with Gasteiger partial charge < -0.3 is 15.4 Å². The van der Waals surface area contributed by atoms with Crippen molar-refractivity contribution in [1.29, 1.82) is 0 Å². The van der Waals surface area contributed by atoms with Crippen molar-refractivity contribution in [3.05, 3.63) is 41.6 Å². The number of benzene rings is 1. The van der Waals surface area contributed by atoms with Crippen molar-refractivity contribution in [1.82, 2.24) is 9.97 Å². The van der Waals surface area contributed by atoms with Crippen LogP contribution in [0, 0.1) is 6.92 Å². The van der Waals surface area contributed by atoms with Gasteiger partial charge in [-0.25, -0.2) is 4.98 Å². The van der Waals surface area contributed by atoms with Gasteiger partial charge in [0.05, 0.1) is 7.11 Å². The van der Waals surface area contributed by atoms with Crippen molar-refractivity contribution in [3.8, 4) is 5.75 Å². The lowest BCUT2D eigenvalue weighted by atomic mass is 10.1. The van der Waals surface area contributed by atoms with E-state index < -0.39 is 0 Å². The molecule has 0 saturated heterocycles. The van der Waals surface area contributed by atoms with Gasteiger partial charge in [0.2, 0.25) is 5.95 Å². The highest BCUT2D eigenvalue weighted by molar-refractivity contribution is 5.42. The molecule has 0 spiro atoms. The van der Waals surface area contributed by atoms with Crippen LogP contribution in [0.25, 0.3) is 0 Å². The third-order valence-corrected chi connectivity index (χ3v) is 3.28. The highest BCUT2D eigenvalue weighted by Crippen LogP contribution is 2.18. The minimum atomic E-state index is 0.682. The van der Waals surface area contributed by atoms with E-state index in [1.54, 1.807) is 7.11 Å². The van der Waals surface area contributed by atoms with Gasteiger partial charge in [-0.05, 0) is 31.4 Å². The topological polar surface area (TPSA) is 59.1 Å². The van der Waals surface area contributed by atoms with E-state index in [0.717, 1.165) is 43.2 Å². The van der Waals surface area contributed by atoms with Gasteiger partial charge >= 0.3 is 0 Å². The third kappa shape index (κ3) is 4.62. The smallest absolute Gasteiger partial charge is 0.224 e. The van der Waals surface area contributed by atoms with Gasteiger partial charge in [-0.1, -0.05) is 25.1 Å². The second-order valence-electron chi connectivity index (χ2n) is 5.13. The fraction of sp³-hybridized carbons (Fsp3) is 0.412. The zero-order valence-electron chi connectivity index (χ0n) is 13.5. The zero-order valence-corrected chi connectivity index (χ0v) is 13.5. The van der Waals surface area contributed by atoms with Crippen molar-refractivity contribution in [2.45, 2.75) is 26.7 Å². The molecule has 0 aliphatic heterocycles. The summed E-state index contributed by atoms with van der Waals surface area (Å²) in [5, 5.41) is 6.58. The number of hydrogen-bond donors (Lipinski definition) is 2. The minimum absolute atomic E-state index is 0.682. The Kier molecular flexibility index (Phi) is 6.01. The number of anilines is 2. The van der Waals surface area contributed by atoms with Crippen LogP contribution in [0.2, 0.25) is 0 Å². The Labute approximate surface area is 132 Å². The number of aryl methyl sites for hydroxylation is 1. The van der Waals surface area contributed by atoms with Crippen LogP contribution in [0.3, 0.4) is 0 Å². The molecule has 0 bridgehead atoms. The van der Waals surface area contributed by atoms with Crippen LogP contribution in [0.4, 0.5) is 11.8 Å². The number of nitrogens with zero attached hydrogens (tertiary/aromatic N) is 2. The molecule has 2 N–H and O–H groups in total. The molecule has 5 nitrogen and oxygen atoms in total. The Morgan fingerprint density at radius 3 is 2.68 bits per heavy atom. The number of para-hydroxylation sites is 1. The Morgan fingerprint density at radius 1 is 1.09 bits per heavy atom. The van der Waals surface area contributed by atoms with E-state index in [1.807, 2.05) is 31.2 Å². The van der Waals surface area contributed by atoms with Gasteiger partial charge in [0.25, 0.3) is 0 Å². The van der Waals surface area contributed by atoms with Crippen LogP contribution >= 0.6 is 0 Å². The van der Waals surface area contributed by atoms with E-state index in [2.05, 4.69) is 33.6 Å². The molecule has 0 fully saturated rings. The number of ether oxygens (including phenoxy) is 1. The summed E-state index contributed by atoms with van der Waals surface area (Å²) in [6, 6.07) is 10.0. The molecule has 1 aromatic heterocycles. The summed E-state index contributed by atoms with van der Waals surface area (Å²) in [7, 11) is 1.70. The van der Waals surface area contributed by atoms with Gasteiger partial charge in [-0.15, -0.1) is 0 Å². The van der Waals surface area contributed by atoms with E-state index in [0.29, 0.717) is 5.95 Å². The third-order valence-electron chi connectivity index (χ3n) is 3.28. The summed E-state index contributed by atoms with van der Waals surface area (Å²) < 4.78 is 5.37. The molecule has 5 heteroatoms. The van der Waals surface area contributed by atoms with Crippen LogP contribution in [-0.4, -0.2) is 30.2 Å². The van der Waals surface area contributed by atoms with Crippen molar-refractivity contribution >= 4 is 11.8 Å². The van der Waals surface area contributed by atoms with Crippen molar-refractivity contribution < 1.29 is 4.74 Å². The van der Waals surface area contributed by atoms with Crippen molar-refractivity contribution in [3.63, 3.8) is 0 Å². The standard InChI is InChI=1S/C17H24N4O/c1-4-10-19-17-20-13(2)12-16(21-17)18-11-9-14-7-5-6-8-15(14)22-3/h5-8,12H,4,9-11H2,1-3H3,(H2,18,19,20,21). The lowest BCUT2D eigenvalue weighted by molar-refractivity contribution is 0.410. The van der Waals surface area contributed by atoms with Crippen LogP contribution in [0.15, 0.2) is 30.3 Å². The van der Waals surface area contributed by atoms with Gasteiger partial charge in [0, 0.05) is 24.8 Å². The number of methoxy groups -OCH3 is 1. The molecule has 2 rings (SSSR count). The van der Waals surface area contributed by atoms with Crippen molar-refractivity contribution in [2.24, 2.45) is 0 Å². The molecule has 0 saturated carbocycles. The monoisotopic (exact) mass is 300 g/mol. The summed E-state index contributed by atoms with van der Waals surface area (Å²) in [6.45, 7) is 5.77. The Morgan fingerprint density at radius 2 is 1.91 bits per heavy atom. The fourth-order valence-corrected chi connectivity index (χ4v) is 2.21. The van der Waals surface area contributed by atoms with E-state index in [9.17, 15) is 0 Å². The first kappa shape index (κ1) is 16.1. The Bertz CT molecular complexity index is 601. The summed E-state index contributed by atoms with van der Waals surface area (Å²) in [5.74, 6) is 2.45. The maximum Gasteiger partial charge on any atom is 0.224 e. The Hall–Kier alpha value is -2.30. The Balaban J connectivity index is 1.95. The normalized spacial score (nSPS) is 10.3. The second kappa shape index (κ2) is 8.22. The first-order valence-corrected chi connectivity index (χ1v) is 7.68. The molecular formula is C17H24N4O. The largest absolute Gasteiger partial charge is 0.496 e. The highest BCUT2D eigenvalue weighted by atomic mass is 16.5. The van der Waals surface area contributed by atoms with Gasteiger partial charge in [0.15, 0.2) is 0 Å². The summed E-state index contributed by atoms with van der Waals surface area (Å²) >= 11 is 0. The minimum Gasteiger partial charge on any atom is -0.496 e. The maximum absolute atomic E-state index is 5.37. The van der Waals surface area contributed by atoms with E-state index >= 15 is 0 Å². The predicted octanol–water partition coefficient (Wildman–Crippen LogP) is 3.27. The van der Waals surface area contributed by atoms with Gasteiger partial charge in [-0.3, -0.25) is 0 Å². The second-order valence-corrected chi connectivity index (χ2v) is 5.13. The molecule has 2 aromatic rings. The lowest BCUT2D eigenvalue weighted by Crippen LogP contribution is -2.10. The number of hydrogen-bond acceptors (Lipinski definition) is 5. The predicted molar refractivity (Wildman–Crippen MR) is 90.7 cm³/mol. The molecule has 0 amide bonds. The molecule has 1 heterocycles. The number of aromatic nitrogens is 2. The van der Waals surface area contributed by atoms with Crippen LogP contribution in [0.1, 0.15) is 24.6 Å². The average Bonchev–Trinajstić information content (AvgIpc) is 2.53. The van der Waals surface area contributed by atoms with Gasteiger partial charge in [0.1, 0.15) is 11.6 Å². The zero-order chi connectivity index (χ0) is 15.8. The molecular weight excluding hydrogens is 276 g/mol. The molecule has 1 aromatic carbocycles. The molecule has 0 radical (unpaired) electrons. The van der Waals surface area contributed by atoms with Crippen LogP contribution < -0.4 is 15.4 Å². The molecule has 118 valence electrons. The SMILES string of the molecule is CCCNc1nc(C)cc(NCCc2ccccc2OC)n1. The maximum atomic E-state index is 5.37. The first-order valence-electron chi connectivity index (χ1n) is 7.68. The average molecular weight is 300 g/mol. The number of nitrogens with one attached hydrogen (secondary N) is 2. The molecule has 22 heavy (non-hydrogen) atoms. The van der Waals surface area contributed by atoms with E-state index in [1.165, 1.54) is 5.56 Å². The van der Waals surface area contributed by atoms with E-state index in [-0.39, 0.29) is 0 Å². The molecule has 0 aliphatic rings. The summed E-state index contributed by atoms with van der Waals surface area (Å²) in [5.41, 5.74) is 2.14. The summed E-state index contributed by atoms with van der Waals surface area (Å²) in [6.07, 6.45) is 1.93. The molecule has 0 aliphatic carbocycles. The van der Waals surface area contributed by atoms with Gasteiger partial charge in [-0.2, -0.15) is 4.98 Å². The molecule has 0 atom stereocenters. The highest BCUT2D eigenvalue weighted by Gasteiger charge is 2.04. The van der Waals surface area contributed by atoms with Crippen molar-refractivity contribution in [2.75, 3.05) is 30.8 Å². The summed E-state index contributed by atoms with van der Waals surface area (Å²) in [4.78, 5) is 8.86.